The van der Waals surface area contributed by atoms with Crippen molar-refractivity contribution in [1.82, 2.24) is 0 Å². The fraction of sp³-hybridized carbons (Fsp3) is 0.333. The Kier molecular flexibility index (Phi) is 4.74. The van der Waals surface area contributed by atoms with E-state index in [0.717, 1.165) is 11.3 Å². The third-order valence-corrected chi connectivity index (χ3v) is 6.43. The fourth-order valence-corrected chi connectivity index (χ4v) is 4.46. The van der Waals surface area contributed by atoms with Gasteiger partial charge in [0.15, 0.2) is 5.78 Å². The maximum absolute atomic E-state index is 12.7. The molecule has 0 spiro atoms. The van der Waals surface area contributed by atoms with Gasteiger partial charge in [0.1, 0.15) is 0 Å². The van der Waals surface area contributed by atoms with Gasteiger partial charge in [-0.3, -0.25) is 9.59 Å². The number of Topliss-reactive ketones (excluding diaryl/α,β-unsaturated/α-hetero) is 1. The van der Waals surface area contributed by atoms with E-state index >= 15 is 0 Å². The summed E-state index contributed by atoms with van der Waals surface area (Å²) in [5.41, 5.74) is 7.57. The van der Waals surface area contributed by atoms with Crippen molar-refractivity contribution in [2.75, 3.05) is 17.7 Å². The van der Waals surface area contributed by atoms with Crippen molar-refractivity contribution in [3.05, 3.63) is 57.6 Å². The van der Waals surface area contributed by atoms with E-state index < -0.39 is 0 Å². The molecule has 0 saturated heterocycles. The molecule has 4 heteroatoms. The second kappa shape index (κ2) is 6.68. The molecule has 0 fully saturated rings. The Labute approximate surface area is 153 Å². The van der Waals surface area contributed by atoms with Gasteiger partial charge in [0.05, 0.1) is 12.2 Å². The number of rotatable bonds is 4. The van der Waals surface area contributed by atoms with E-state index in [2.05, 4.69) is 33.8 Å². The second-order valence-corrected chi connectivity index (χ2v) is 7.76. The Morgan fingerprint density at radius 1 is 1.08 bits per heavy atom. The summed E-state index contributed by atoms with van der Waals surface area (Å²) in [6.07, 6.45) is 0.384. The number of hydrogen-bond donors (Lipinski definition) is 0. The molecule has 1 heterocycles. The lowest BCUT2D eigenvalue weighted by molar-refractivity contribution is -0.117. The molecule has 130 valence electrons. The van der Waals surface area contributed by atoms with Gasteiger partial charge in [-0.25, -0.2) is 0 Å². The standard InChI is InChI=1S/C21H23NO2S/c1-12-8-13(2)15(4)21(14(12)3)25-11-19(23)16-6-7-18-17(9-16)10-20(24)22(18)5/h6-9H,10-11H2,1-5H3. The Morgan fingerprint density at radius 2 is 1.72 bits per heavy atom. The van der Waals surface area contributed by atoms with Gasteiger partial charge in [-0.2, -0.15) is 0 Å². The summed E-state index contributed by atoms with van der Waals surface area (Å²) < 4.78 is 0. The van der Waals surface area contributed by atoms with E-state index in [1.807, 2.05) is 18.2 Å². The molecule has 3 rings (SSSR count). The molecule has 1 aliphatic rings. The summed E-state index contributed by atoms with van der Waals surface area (Å²) in [6.45, 7) is 8.46. The molecular weight excluding hydrogens is 330 g/mol. The average Bonchev–Trinajstić information content (AvgIpc) is 2.86. The van der Waals surface area contributed by atoms with Gasteiger partial charge >= 0.3 is 0 Å². The van der Waals surface area contributed by atoms with Crippen LogP contribution in [0.25, 0.3) is 0 Å². The smallest absolute Gasteiger partial charge is 0.231 e. The monoisotopic (exact) mass is 353 g/mol. The topological polar surface area (TPSA) is 37.4 Å². The van der Waals surface area contributed by atoms with Crippen molar-refractivity contribution in [3.63, 3.8) is 0 Å². The molecule has 0 N–H and O–H groups in total. The van der Waals surface area contributed by atoms with E-state index in [4.69, 9.17) is 0 Å². The number of carbonyl (C=O) groups excluding carboxylic acids is 2. The number of nitrogens with zero attached hydrogens (tertiary/aromatic N) is 1. The first-order valence-corrected chi connectivity index (χ1v) is 9.41. The zero-order valence-electron chi connectivity index (χ0n) is 15.4. The molecule has 1 amide bonds. The lowest BCUT2D eigenvalue weighted by atomic mass is 10.0. The van der Waals surface area contributed by atoms with E-state index in [0.29, 0.717) is 17.7 Å². The Balaban J connectivity index is 1.79. The largest absolute Gasteiger partial charge is 0.315 e. The molecule has 0 aliphatic carbocycles. The number of thioether (sulfide) groups is 1. The van der Waals surface area contributed by atoms with Crippen LogP contribution < -0.4 is 4.90 Å². The van der Waals surface area contributed by atoms with E-state index in [9.17, 15) is 9.59 Å². The molecule has 2 aromatic rings. The van der Waals surface area contributed by atoms with Gasteiger partial charge in [-0.05, 0) is 73.7 Å². The molecule has 0 bridgehead atoms. The number of amides is 1. The Morgan fingerprint density at radius 3 is 2.36 bits per heavy atom. The number of carbonyl (C=O) groups is 2. The molecule has 3 nitrogen and oxygen atoms in total. The van der Waals surface area contributed by atoms with Gasteiger partial charge in [-0.15, -0.1) is 11.8 Å². The number of anilines is 1. The summed E-state index contributed by atoms with van der Waals surface area (Å²) in [5.74, 6) is 0.593. The van der Waals surface area contributed by atoms with E-state index in [1.54, 1.807) is 23.7 Å². The lowest BCUT2D eigenvalue weighted by Crippen LogP contribution is -2.20. The van der Waals surface area contributed by atoms with Crippen LogP contribution >= 0.6 is 11.8 Å². The number of aryl methyl sites for hydroxylation is 2. The zero-order chi connectivity index (χ0) is 18.3. The predicted octanol–water partition coefficient (Wildman–Crippen LogP) is 4.41. The molecule has 0 saturated carbocycles. The van der Waals surface area contributed by atoms with Crippen LogP contribution in [0.5, 0.6) is 0 Å². The quantitative estimate of drug-likeness (QED) is 0.603. The first kappa shape index (κ1) is 17.7. The highest BCUT2D eigenvalue weighted by atomic mass is 32.2. The van der Waals surface area contributed by atoms with Crippen LogP contribution in [-0.4, -0.2) is 24.5 Å². The maximum Gasteiger partial charge on any atom is 0.231 e. The van der Waals surface area contributed by atoms with Crippen LogP contribution in [0.1, 0.15) is 38.2 Å². The Bertz CT molecular complexity index is 860. The lowest BCUT2D eigenvalue weighted by Gasteiger charge is -2.14. The summed E-state index contributed by atoms with van der Waals surface area (Å²) in [7, 11) is 1.77. The fourth-order valence-electron chi connectivity index (χ4n) is 3.26. The van der Waals surface area contributed by atoms with Crippen LogP contribution in [0.15, 0.2) is 29.2 Å². The summed E-state index contributed by atoms with van der Waals surface area (Å²) >= 11 is 1.61. The average molecular weight is 353 g/mol. The highest BCUT2D eigenvalue weighted by molar-refractivity contribution is 8.00. The molecule has 2 aromatic carbocycles. The van der Waals surface area contributed by atoms with Gasteiger partial charge in [0, 0.05) is 23.2 Å². The minimum atomic E-state index is 0.0791. The van der Waals surface area contributed by atoms with E-state index in [1.165, 1.54) is 27.1 Å². The second-order valence-electron chi connectivity index (χ2n) is 6.77. The molecule has 0 radical (unpaired) electrons. The van der Waals surface area contributed by atoms with Crippen molar-refractivity contribution < 1.29 is 9.59 Å². The van der Waals surface area contributed by atoms with Crippen molar-refractivity contribution in [2.45, 2.75) is 39.0 Å². The van der Waals surface area contributed by atoms with Crippen molar-refractivity contribution in [3.8, 4) is 0 Å². The van der Waals surface area contributed by atoms with Crippen LogP contribution in [0.2, 0.25) is 0 Å². The molecule has 0 unspecified atom stereocenters. The SMILES string of the molecule is Cc1cc(C)c(C)c(SCC(=O)c2ccc3c(c2)CC(=O)N3C)c1C. The summed E-state index contributed by atoms with van der Waals surface area (Å²) in [6, 6.07) is 7.79. The summed E-state index contributed by atoms with van der Waals surface area (Å²) in [5, 5.41) is 0. The van der Waals surface area contributed by atoms with Crippen molar-refractivity contribution >= 4 is 29.1 Å². The molecule has 1 aliphatic heterocycles. The number of benzene rings is 2. The van der Waals surface area contributed by atoms with Crippen molar-refractivity contribution in [1.29, 1.82) is 0 Å². The van der Waals surface area contributed by atoms with Crippen LogP contribution in [0, 0.1) is 27.7 Å². The Hall–Kier alpha value is -2.07. The molecule has 0 aromatic heterocycles. The van der Waals surface area contributed by atoms with Gasteiger partial charge in [0.25, 0.3) is 0 Å². The zero-order valence-corrected chi connectivity index (χ0v) is 16.2. The maximum atomic E-state index is 12.7. The van der Waals surface area contributed by atoms with E-state index in [-0.39, 0.29) is 11.7 Å². The minimum absolute atomic E-state index is 0.0791. The van der Waals surface area contributed by atoms with Gasteiger partial charge < -0.3 is 4.90 Å². The molecular formula is C21H23NO2S. The third kappa shape index (κ3) is 3.23. The predicted molar refractivity (Wildman–Crippen MR) is 104 cm³/mol. The minimum Gasteiger partial charge on any atom is -0.315 e. The van der Waals surface area contributed by atoms with Crippen molar-refractivity contribution in [2.24, 2.45) is 0 Å². The highest BCUT2D eigenvalue weighted by Crippen LogP contribution is 2.32. The normalized spacial score (nSPS) is 13.3. The first-order valence-electron chi connectivity index (χ1n) is 8.42. The van der Waals surface area contributed by atoms with Crippen LogP contribution in [0.4, 0.5) is 5.69 Å². The van der Waals surface area contributed by atoms with Crippen LogP contribution in [-0.2, 0) is 11.2 Å². The van der Waals surface area contributed by atoms with Crippen LogP contribution in [0.3, 0.4) is 0 Å². The third-order valence-electron chi connectivity index (χ3n) is 5.12. The first-order chi connectivity index (χ1) is 11.8. The summed E-state index contributed by atoms with van der Waals surface area (Å²) in [4.78, 5) is 27.3. The van der Waals surface area contributed by atoms with Gasteiger partial charge in [-0.1, -0.05) is 6.07 Å². The molecule has 25 heavy (non-hydrogen) atoms. The molecule has 0 atom stereocenters. The number of fused-ring (bicyclic) bond motifs is 1. The number of hydrogen-bond acceptors (Lipinski definition) is 3. The number of likely N-dealkylation sites (N-methyl/N-ethyl adjacent to an activating group) is 1. The number of ketones is 1. The van der Waals surface area contributed by atoms with Gasteiger partial charge in [0.2, 0.25) is 5.91 Å². The highest BCUT2D eigenvalue weighted by Gasteiger charge is 2.24.